The van der Waals surface area contributed by atoms with E-state index in [1.165, 1.54) is 0 Å². The van der Waals surface area contributed by atoms with Gasteiger partial charge in [0.2, 0.25) is 5.91 Å². The predicted octanol–water partition coefficient (Wildman–Crippen LogP) is 1.81. The van der Waals surface area contributed by atoms with Crippen molar-refractivity contribution in [1.82, 2.24) is 10.6 Å². The lowest BCUT2D eigenvalue weighted by Crippen LogP contribution is -2.45. The number of carbonyl (C=O) groups is 3. The number of carboxylic acids is 1. The Kier molecular flexibility index (Phi) is 7.80. The van der Waals surface area contributed by atoms with E-state index in [2.05, 4.69) is 10.6 Å². The highest BCUT2D eigenvalue weighted by atomic mass is 16.4. The van der Waals surface area contributed by atoms with E-state index >= 15 is 0 Å². The van der Waals surface area contributed by atoms with E-state index < -0.39 is 12.0 Å². The van der Waals surface area contributed by atoms with Crippen molar-refractivity contribution in [2.24, 2.45) is 5.92 Å². The van der Waals surface area contributed by atoms with E-state index in [9.17, 15) is 14.4 Å². The Morgan fingerprint density at radius 2 is 1.83 bits per heavy atom. The second-order valence-corrected chi connectivity index (χ2v) is 5.49. The Bertz CT molecular complexity index is 531. The van der Waals surface area contributed by atoms with Crippen LogP contribution in [0.5, 0.6) is 0 Å². The van der Waals surface area contributed by atoms with Gasteiger partial charge in [-0.2, -0.15) is 0 Å². The Hall–Kier alpha value is -2.37. The minimum absolute atomic E-state index is 0.130. The molecule has 0 spiro atoms. The minimum Gasteiger partial charge on any atom is -0.480 e. The molecule has 0 aromatic heterocycles. The Morgan fingerprint density at radius 1 is 1.17 bits per heavy atom. The second kappa shape index (κ2) is 9.61. The van der Waals surface area contributed by atoms with E-state index in [0.717, 1.165) is 0 Å². The molecule has 3 N–H and O–H groups in total. The molecule has 0 aliphatic carbocycles. The van der Waals surface area contributed by atoms with Gasteiger partial charge >= 0.3 is 5.97 Å². The van der Waals surface area contributed by atoms with Crippen molar-refractivity contribution >= 4 is 17.8 Å². The zero-order chi connectivity index (χ0) is 17.2. The number of rotatable bonds is 9. The smallest absolute Gasteiger partial charge is 0.326 e. The molecule has 126 valence electrons. The molecule has 0 aliphatic rings. The zero-order valence-corrected chi connectivity index (χ0v) is 13.5. The Labute approximate surface area is 136 Å². The first kappa shape index (κ1) is 18.7. The van der Waals surface area contributed by atoms with E-state index in [1.54, 1.807) is 31.2 Å². The lowest BCUT2D eigenvalue weighted by molar-refractivity contribution is -0.143. The van der Waals surface area contributed by atoms with E-state index in [-0.39, 0.29) is 24.2 Å². The molecule has 0 radical (unpaired) electrons. The SMILES string of the molecule is CCC(C)C(NC(=O)CCCNC(=O)c1ccccc1)C(=O)O. The first-order valence-electron chi connectivity index (χ1n) is 7.81. The fourth-order valence-electron chi connectivity index (χ4n) is 2.07. The minimum atomic E-state index is -1.02. The number of nitrogens with one attached hydrogen (secondary N) is 2. The second-order valence-electron chi connectivity index (χ2n) is 5.49. The number of hydrogen-bond donors (Lipinski definition) is 3. The van der Waals surface area contributed by atoms with Gasteiger partial charge in [0.1, 0.15) is 6.04 Å². The molecule has 0 fully saturated rings. The summed E-state index contributed by atoms with van der Waals surface area (Å²) < 4.78 is 0. The maximum atomic E-state index is 11.8. The molecule has 2 atom stereocenters. The van der Waals surface area contributed by atoms with Gasteiger partial charge in [-0.1, -0.05) is 38.5 Å². The summed E-state index contributed by atoms with van der Waals surface area (Å²) in [5.41, 5.74) is 0.569. The topological polar surface area (TPSA) is 95.5 Å². The lowest BCUT2D eigenvalue weighted by Gasteiger charge is -2.20. The number of carbonyl (C=O) groups excluding carboxylic acids is 2. The average Bonchev–Trinajstić information content (AvgIpc) is 2.56. The Morgan fingerprint density at radius 3 is 2.39 bits per heavy atom. The maximum absolute atomic E-state index is 11.8. The van der Waals surface area contributed by atoms with Crippen molar-refractivity contribution in [3.05, 3.63) is 35.9 Å². The first-order chi connectivity index (χ1) is 11.0. The van der Waals surface area contributed by atoms with Crippen LogP contribution < -0.4 is 10.6 Å². The molecule has 6 nitrogen and oxygen atoms in total. The van der Waals surface area contributed by atoms with Crippen molar-refractivity contribution in [1.29, 1.82) is 0 Å². The highest BCUT2D eigenvalue weighted by Crippen LogP contribution is 2.08. The van der Waals surface area contributed by atoms with Crippen LogP contribution in [0.1, 0.15) is 43.5 Å². The standard InChI is InChI=1S/C17H24N2O4/c1-3-12(2)15(17(22)23)19-14(20)10-7-11-18-16(21)13-8-5-4-6-9-13/h4-6,8-9,12,15H,3,7,10-11H2,1-2H3,(H,18,21)(H,19,20)(H,22,23). The largest absolute Gasteiger partial charge is 0.480 e. The summed E-state index contributed by atoms with van der Waals surface area (Å²) in [5, 5.41) is 14.4. The zero-order valence-electron chi connectivity index (χ0n) is 13.5. The van der Waals surface area contributed by atoms with Gasteiger partial charge in [0.15, 0.2) is 0 Å². The molecular formula is C17H24N2O4. The normalized spacial score (nSPS) is 13.0. The summed E-state index contributed by atoms with van der Waals surface area (Å²) in [6.07, 6.45) is 1.30. The Balaban J connectivity index is 2.31. The van der Waals surface area contributed by atoms with Crippen LogP contribution in [-0.2, 0) is 9.59 Å². The molecule has 1 aromatic rings. The van der Waals surface area contributed by atoms with Gasteiger partial charge in [-0.05, 0) is 24.5 Å². The number of amides is 2. The van der Waals surface area contributed by atoms with Gasteiger partial charge in [0.05, 0.1) is 0 Å². The molecule has 6 heteroatoms. The third-order valence-corrected chi connectivity index (χ3v) is 3.70. The molecule has 0 saturated heterocycles. The molecular weight excluding hydrogens is 296 g/mol. The number of hydrogen-bond acceptors (Lipinski definition) is 3. The molecule has 2 amide bonds. The van der Waals surface area contributed by atoms with Crippen molar-refractivity contribution in [3.63, 3.8) is 0 Å². The van der Waals surface area contributed by atoms with Gasteiger partial charge in [-0.25, -0.2) is 4.79 Å². The summed E-state index contributed by atoms with van der Waals surface area (Å²) >= 11 is 0. The van der Waals surface area contributed by atoms with E-state index in [4.69, 9.17) is 5.11 Å². The van der Waals surface area contributed by atoms with Crippen LogP contribution in [0, 0.1) is 5.92 Å². The van der Waals surface area contributed by atoms with Crippen LogP contribution in [0.15, 0.2) is 30.3 Å². The van der Waals surface area contributed by atoms with Gasteiger partial charge < -0.3 is 15.7 Å². The van der Waals surface area contributed by atoms with Crippen molar-refractivity contribution < 1.29 is 19.5 Å². The van der Waals surface area contributed by atoms with Gasteiger partial charge in [-0.3, -0.25) is 9.59 Å². The van der Waals surface area contributed by atoms with Gasteiger partial charge in [0, 0.05) is 18.5 Å². The van der Waals surface area contributed by atoms with Crippen molar-refractivity contribution in [2.45, 2.75) is 39.2 Å². The third kappa shape index (κ3) is 6.50. The van der Waals surface area contributed by atoms with Crippen molar-refractivity contribution in [3.8, 4) is 0 Å². The number of carboxylic acid groups (broad SMARTS) is 1. The summed E-state index contributed by atoms with van der Waals surface area (Å²) in [6.45, 7) is 4.03. The van der Waals surface area contributed by atoms with Crippen LogP contribution in [-0.4, -0.2) is 35.5 Å². The number of aliphatic carboxylic acids is 1. The maximum Gasteiger partial charge on any atom is 0.326 e. The third-order valence-electron chi connectivity index (χ3n) is 3.70. The molecule has 2 unspecified atom stereocenters. The van der Waals surface area contributed by atoms with Crippen LogP contribution >= 0.6 is 0 Å². The summed E-state index contributed by atoms with van der Waals surface area (Å²) in [6, 6.07) is 7.95. The fraction of sp³-hybridized carbons (Fsp3) is 0.471. The first-order valence-corrected chi connectivity index (χ1v) is 7.81. The molecule has 1 aromatic carbocycles. The predicted molar refractivity (Wildman–Crippen MR) is 87.0 cm³/mol. The highest BCUT2D eigenvalue weighted by molar-refractivity contribution is 5.94. The summed E-state index contributed by atoms with van der Waals surface area (Å²) in [5.74, 6) is -1.65. The summed E-state index contributed by atoms with van der Waals surface area (Å²) in [7, 11) is 0. The molecule has 0 bridgehead atoms. The van der Waals surface area contributed by atoms with Crippen LogP contribution in [0.3, 0.4) is 0 Å². The lowest BCUT2D eigenvalue weighted by atomic mass is 9.99. The van der Waals surface area contributed by atoms with E-state index in [1.807, 2.05) is 13.0 Å². The quantitative estimate of drug-likeness (QED) is 0.605. The highest BCUT2D eigenvalue weighted by Gasteiger charge is 2.24. The molecule has 0 aliphatic heterocycles. The van der Waals surface area contributed by atoms with Crippen LogP contribution in [0.4, 0.5) is 0 Å². The van der Waals surface area contributed by atoms with E-state index in [0.29, 0.717) is 24.9 Å². The summed E-state index contributed by atoms with van der Waals surface area (Å²) in [4.78, 5) is 34.7. The van der Waals surface area contributed by atoms with Crippen LogP contribution in [0.2, 0.25) is 0 Å². The average molecular weight is 320 g/mol. The number of benzene rings is 1. The monoisotopic (exact) mass is 320 g/mol. The van der Waals surface area contributed by atoms with Crippen molar-refractivity contribution in [2.75, 3.05) is 6.54 Å². The molecule has 0 heterocycles. The molecule has 23 heavy (non-hydrogen) atoms. The van der Waals surface area contributed by atoms with Crippen LogP contribution in [0.25, 0.3) is 0 Å². The molecule has 1 rings (SSSR count). The molecule has 0 saturated carbocycles. The fourth-order valence-corrected chi connectivity index (χ4v) is 2.07. The van der Waals surface area contributed by atoms with Gasteiger partial charge in [-0.15, -0.1) is 0 Å². The van der Waals surface area contributed by atoms with Gasteiger partial charge in [0.25, 0.3) is 5.91 Å².